The predicted octanol–water partition coefficient (Wildman–Crippen LogP) is 0.523. The molecule has 0 saturated carbocycles. The molecule has 0 radical (unpaired) electrons. The lowest BCUT2D eigenvalue weighted by Gasteiger charge is -2.16. The van der Waals surface area contributed by atoms with Crippen LogP contribution in [0.4, 0.5) is 4.79 Å². The van der Waals surface area contributed by atoms with E-state index in [9.17, 15) is 14.4 Å². The molecule has 0 aromatic carbocycles. The van der Waals surface area contributed by atoms with Crippen LogP contribution in [-0.2, 0) is 4.79 Å². The van der Waals surface area contributed by atoms with E-state index in [1.807, 2.05) is 0 Å². The molecule has 1 atom stereocenters. The second kappa shape index (κ2) is 6.14. The van der Waals surface area contributed by atoms with Crippen molar-refractivity contribution in [2.75, 3.05) is 13.1 Å². The van der Waals surface area contributed by atoms with Gasteiger partial charge in [0.1, 0.15) is 5.69 Å². The SMILES string of the molecule is O=C(NC1CCCN(C(=O)O)CC1=O)c1ccccn1. The van der Waals surface area contributed by atoms with Gasteiger partial charge in [0.05, 0.1) is 12.6 Å². The van der Waals surface area contributed by atoms with Gasteiger partial charge in [-0.25, -0.2) is 4.79 Å². The number of carbonyl (C=O) groups excluding carboxylic acids is 2. The summed E-state index contributed by atoms with van der Waals surface area (Å²) in [4.78, 5) is 39.7. The van der Waals surface area contributed by atoms with Crippen molar-refractivity contribution >= 4 is 17.8 Å². The monoisotopic (exact) mass is 277 g/mol. The number of ketones is 1. The van der Waals surface area contributed by atoms with E-state index < -0.39 is 18.0 Å². The first kappa shape index (κ1) is 14.0. The van der Waals surface area contributed by atoms with Gasteiger partial charge in [0.25, 0.3) is 5.91 Å². The predicted molar refractivity (Wildman–Crippen MR) is 69.3 cm³/mol. The number of hydrogen-bond acceptors (Lipinski definition) is 4. The van der Waals surface area contributed by atoms with Crippen molar-refractivity contribution in [3.8, 4) is 0 Å². The number of carboxylic acid groups (broad SMARTS) is 1. The lowest BCUT2D eigenvalue weighted by Crippen LogP contribution is -2.44. The lowest BCUT2D eigenvalue weighted by molar-refractivity contribution is -0.121. The number of amides is 2. The van der Waals surface area contributed by atoms with Crippen LogP contribution in [0.15, 0.2) is 24.4 Å². The molecule has 1 saturated heterocycles. The first-order chi connectivity index (χ1) is 9.58. The van der Waals surface area contributed by atoms with Crippen molar-refractivity contribution in [2.24, 2.45) is 0 Å². The molecule has 7 heteroatoms. The Bertz CT molecular complexity index is 518. The number of rotatable bonds is 2. The highest BCUT2D eigenvalue weighted by molar-refractivity contribution is 5.97. The van der Waals surface area contributed by atoms with Crippen LogP contribution in [0, 0.1) is 0 Å². The van der Waals surface area contributed by atoms with E-state index in [-0.39, 0.29) is 18.0 Å². The summed E-state index contributed by atoms with van der Waals surface area (Å²) in [5.41, 5.74) is 0.236. The van der Waals surface area contributed by atoms with Crippen LogP contribution in [0.2, 0.25) is 0 Å². The third-order valence-electron chi connectivity index (χ3n) is 3.13. The molecule has 7 nitrogen and oxygen atoms in total. The fourth-order valence-electron chi connectivity index (χ4n) is 2.07. The fraction of sp³-hybridized carbons (Fsp3) is 0.385. The molecule has 2 amide bonds. The smallest absolute Gasteiger partial charge is 0.407 e. The number of nitrogens with one attached hydrogen (secondary N) is 1. The standard InChI is InChI=1S/C13H15N3O4/c17-11-8-16(13(19)20)7-3-5-9(11)15-12(18)10-4-1-2-6-14-10/h1-2,4,6,9H,3,5,7-8H2,(H,15,18)(H,19,20). The zero-order valence-electron chi connectivity index (χ0n) is 10.8. The molecule has 2 N–H and O–H groups in total. The number of carbonyl (C=O) groups is 3. The summed E-state index contributed by atoms with van der Waals surface area (Å²) < 4.78 is 0. The Hall–Kier alpha value is -2.44. The van der Waals surface area contributed by atoms with Crippen LogP contribution >= 0.6 is 0 Å². The van der Waals surface area contributed by atoms with E-state index in [2.05, 4.69) is 10.3 Å². The highest BCUT2D eigenvalue weighted by atomic mass is 16.4. The van der Waals surface area contributed by atoms with Gasteiger partial charge in [-0.1, -0.05) is 6.07 Å². The van der Waals surface area contributed by atoms with Crippen molar-refractivity contribution in [1.82, 2.24) is 15.2 Å². The maximum Gasteiger partial charge on any atom is 0.407 e. The number of likely N-dealkylation sites (tertiary alicyclic amines) is 1. The van der Waals surface area contributed by atoms with E-state index in [1.54, 1.807) is 18.2 Å². The van der Waals surface area contributed by atoms with Gasteiger partial charge in [0, 0.05) is 12.7 Å². The Morgan fingerprint density at radius 1 is 1.40 bits per heavy atom. The quantitative estimate of drug-likeness (QED) is 0.821. The number of nitrogens with zero attached hydrogens (tertiary/aromatic N) is 2. The number of pyridine rings is 1. The minimum Gasteiger partial charge on any atom is -0.465 e. The van der Waals surface area contributed by atoms with Crippen LogP contribution in [0.3, 0.4) is 0 Å². The van der Waals surface area contributed by atoms with Crippen molar-refractivity contribution in [3.05, 3.63) is 30.1 Å². The Kier molecular flexibility index (Phi) is 4.29. The van der Waals surface area contributed by atoms with Gasteiger partial charge >= 0.3 is 6.09 Å². The van der Waals surface area contributed by atoms with E-state index in [0.29, 0.717) is 19.4 Å². The first-order valence-electron chi connectivity index (χ1n) is 6.30. The average molecular weight is 277 g/mol. The molecule has 0 spiro atoms. The van der Waals surface area contributed by atoms with E-state index in [1.165, 1.54) is 6.20 Å². The van der Waals surface area contributed by atoms with Gasteiger partial charge in [0.15, 0.2) is 5.78 Å². The first-order valence-corrected chi connectivity index (χ1v) is 6.30. The molecular weight excluding hydrogens is 262 g/mol. The molecule has 1 aliphatic rings. The Balaban J connectivity index is 2.01. The minimum absolute atomic E-state index is 0.192. The molecule has 1 aromatic heterocycles. The largest absolute Gasteiger partial charge is 0.465 e. The average Bonchev–Trinajstić information content (AvgIpc) is 2.62. The molecule has 0 aliphatic carbocycles. The molecule has 1 fully saturated rings. The minimum atomic E-state index is -1.12. The fourth-order valence-corrected chi connectivity index (χ4v) is 2.07. The molecule has 1 aromatic rings. The normalized spacial score (nSPS) is 19.3. The maximum atomic E-state index is 12.0. The van der Waals surface area contributed by atoms with E-state index in [0.717, 1.165) is 4.90 Å². The molecule has 1 unspecified atom stereocenters. The zero-order valence-corrected chi connectivity index (χ0v) is 10.8. The van der Waals surface area contributed by atoms with Crippen molar-refractivity contribution < 1.29 is 19.5 Å². The zero-order chi connectivity index (χ0) is 14.5. The van der Waals surface area contributed by atoms with Crippen LogP contribution < -0.4 is 5.32 Å². The van der Waals surface area contributed by atoms with Gasteiger partial charge in [-0.05, 0) is 25.0 Å². The van der Waals surface area contributed by atoms with Crippen molar-refractivity contribution in [1.29, 1.82) is 0 Å². The summed E-state index contributed by atoms with van der Waals surface area (Å²) in [6, 6.07) is 4.27. The molecule has 2 rings (SSSR count). The summed E-state index contributed by atoms with van der Waals surface area (Å²) in [5.74, 6) is -0.720. The second-order valence-corrected chi connectivity index (χ2v) is 4.55. The molecule has 20 heavy (non-hydrogen) atoms. The van der Waals surface area contributed by atoms with Gasteiger partial charge in [0.2, 0.25) is 0 Å². The summed E-state index contributed by atoms with van der Waals surface area (Å²) in [6.45, 7) is 0.111. The Labute approximate surface area is 115 Å². The van der Waals surface area contributed by atoms with Gasteiger partial charge in [-0.15, -0.1) is 0 Å². The Morgan fingerprint density at radius 3 is 2.85 bits per heavy atom. The molecule has 1 aliphatic heterocycles. The summed E-state index contributed by atoms with van der Waals surface area (Å²) in [7, 11) is 0. The lowest BCUT2D eigenvalue weighted by atomic mass is 10.1. The number of aromatic nitrogens is 1. The van der Waals surface area contributed by atoms with Gasteiger partial charge < -0.3 is 15.3 Å². The molecule has 106 valence electrons. The van der Waals surface area contributed by atoms with E-state index in [4.69, 9.17) is 5.11 Å². The van der Waals surface area contributed by atoms with Crippen molar-refractivity contribution in [2.45, 2.75) is 18.9 Å². The topological polar surface area (TPSA) is 99.6 Å². The number of Topliss-reactive ketones (excluding diaryl/α,β-unsaturated/α-hetero) is 1. The molecular formula is C13H15N3O4. The summed E-state index contributed by atoms with van der Waals surface area (Å²) >= 11 is 0. The summed E-state index contributed by atoms with van der Waals surface area (Å²) in [6.07, 6.45) is 1.35. The van der Waals surface area contributed by atoms with Crippen LogP contribution in [-0.4, -0.2) is 51.9 Å². The molecule has 2 heterocycles. The summed E-state index contributed by atoms with van der Waals surface area (Å²) in [5, 5.41) is 11.5. The highest BCUT2D eigenvalue weighted by Crippen LogP contribution is 2.09. The van der Waals surface area contributed by atoms with Crippen LogP contribution in [0.25, 0.3) is 0 Å². The van der Waals surface area contributed by atoms with Crippen LogP contribution in [0.5, 0.6) is 0 Å². The van der Waals surface area contributed by atoms with Crippen LogP contribution in [0.1, 0.15) is 23.3 Å². The van der Waals surface area contributed by atoms with Gasteiger partial charge in [-0.2, -0.15) is 0 Å². The third kappa shape index (κ3) is 3.31. The maximum absolute atomic E-state index is 12.0. The highest BCUT2D eigenvalue weighted by Gasteiger charge is 2.28. The van der Waals surface area contributed by atoms with Crippen molar-refractivity contribution in [3.63, 3.8) is 0 Å². The van der Waals surface area contributed by atoms with E-state index >= 15 is 0 Å². The van der Waals surface area contributed by atoms with Gasteiger partial charge in [-0.3, -0.25) is 14.6 Å². The Morgan fingerprint density at radius 2 is 2.20 bits per heavy atom. The molecule has 0 bridgehead atoms. The third-order valence-corrected chi connectivity index (χ3v) is 3.13. The second-order valence-electron chi connectivity index (χ2n) is 4.55. The number of hydrogen-bond donors (Lipinski definition) is 2.